The van der Waals surface area contributed by atoms with Gasteiger partial charge >= 0.3 is 5.97 Å². The Morgan fingerprint density at radius 2 is 1.80 bits per heavy atom. The summed E-state index contributed by atoms with van der Waals surface area (Å²) in [6.07, 6.45) is 0.247. The minimum Gasteiger partial charge on any atom is -0.457 e. The Kier molecular flexibility index (Phi) is 4.35. The molecule has 0 saturated heterocycles. The maximum Gasteiger partial charge on any atom is 0.338 e. The van der Waals surface area contributed by atoms with Crippen molar-refractivity contribution < 1.29 is 19.2 Å². The number of benzene rings is 2. The third kappa shape index (κ3) is 3.03. The summed E-state index contributed by atoms with van der Waals surface area (Å²) in [5.41, 5.74) is 0.0682. The molecule has 0 aromatic heterocycles. The van der Waals surface area contributed by atoms with Crippen LogP contribution in [0.15, 0.2) is 54.6 Å². The molecule has 0 amide bonds. The average molecular weight is 339 g/mol. The fourth-order valence-corrected chi connectivity index (χ4v) is 3.21. The number of ketones is 1. The molecule has 1 aliphatic carbocycles. The van der Waals surface area contributed by atoms with Crippen LogP contribution in [0.3, 0.4) is 0 Å². The molecule has 0 aliphatic heterocycles. The van der Waals surface area contributed by atoms with Crippen LogP contribution < -0.4 is 0 Å². The highest BCUT2D eigenvalue weighted by Crippen LogP contribution is 2.40. The van der Waals surface area contributed by atoms with Crippen molar-refractivity contribution in [2.75, 3.05) is 0 Å². The second kappa shape index (κ2) is 6.47. The highest BCUT2D eigenvalue weighted by Gasteiger charge is 2.49. The Hall–Kier alpha value is -3.02. The van der Waals surface area contributed by atoms with Crippen molar-refractivity contribution in [3.63, 3.8) is 0 Å². The number of nitro groups is 1. The molecule has 0 unspecified atom stereocenters. The van der Waals surface area contributed by atoms with E-state index in [0.29, 0.717) is 12.8 Å². The molecule has 6 nitrogen and oxygen atoms in total. The minimum atomic E-state index is -0.877. The maximum absolute atomic E-state index is 12.5. The number of nitro benzene ring substituents is 1. The number of hydrogen-bond acceptors (Lipinski definition) is 5. The van der Waals surface area contributed by atoms with Gasteiger partial charge in [0.15, 0.2) is 0 Å². The van der Waals surface area contributed by atoms with E-state index < -0.39 is 22.4 Å². The SMILES string of the molecule is C[C@]1(c2ccccc2)C(=O)CC[C@H]1OC(=O)c1ccc([N+](=O)[O-])cc1. The van der Waals surface area contributed by atoms with Crippen molar-refractivity contribution in [3.8, 4) is 0 Å². The summed E-state index contributed by atoms with van der Waals surface area (Å²) in [5, 5.41) is 10.7. The summed E-state index contributed by atoms with van der Waals surface area (Å²) >= 11 is 0. The van der Waals surface area contributed by atoms with Crippen LogP contribution in [0.1, 0.15) is 35.7 Å². The summed E-state index contributed by atoms with van der Waals surface area (Å²) in [4.78, 5) is 35.0. The average Bonchev–Trinajstić information content (AvgIpc) is 2.92. The van der Waals surface area contributed by atoms with Crippen molar-refractivity contribution in [1.29, 1.82) is 0 Å². The molecule has 128 valence electrons. The zero-order chi connectivity index (χ0) is 18.0. The molecule has 3 rings (SSSR count). The summed E-state index contributed by atoms with van der Waals surface area (Å²) in [6.45, 7) is 1.80. The number of rotatable bonds is 4. The predicted octanol–water partition coefficient (Wildman–Crippen LogP) is 3.44. The van der Waals surface area contributed by atoms with Crippen LogP contribution in [0.4, 0.5) is 5.69 Å². The number of esters is 1. The number of ether oxygens (including phenoxy) is 1. The normalized spacial score (nSPS) is 22.6. The van der Waals surface area contributed by atoms with Gasteiger partial charge in [-0.1, -0.05) is 30.3 Å². The van der Waals surface area contributed by atoms with Crippen LogP contribution in [0.2, 0.25) is 0 Å². The van der Waals surface area contributed by atoms with Gasteiger partial charge in [-0.05, 0) is 31.0 Å². The Labute approximate surface area is 144 Å². The summed E-state index contributed by atoms with van der Waals surface area (Å²) in [7, 11) is 0. The van der Waals surface area contributed by atoms with Gasteiger partial charge < -0.3 is 4.74 Å². The van der Waals surface area contributed by atoms with Crippen LogP contribution in [0.5, 0.6) is 0 Å². The Balaban J connectivity index is 1.82. The molecule has 0 N–H and O–H groups in total. The summed E-state index contributed by atoms with van der Waals surface area (Å²) in [5.74, 6) is -0.544. The first-order valence-electron chi connectivity index (χ1n) is 7.97. The van der Waals surface area contributed by atoms with Crippen LogP contribution in [0, 0.1) is 10.1 Å². The molecule has 25 heavy (non-hydrogen) atoms. The van der Waals surface area contributed by atoms with Gasteiger partial charge in [-0.25, -0.2) is 4.79 Å². The molecule has 0 bridgehead atoms. The molecule has 1 aliphatic rings. The molecule has 2 aromatic rings. The predicted molar refractivity (Wildman–Crippen MR) is 90.3 cm³/mol. The molecular formula is C19H17NO5. The van der Waals surface area contributed by atoms with Crippen LogP contribution in [-0.2, 0) is 14.9 Å². The van der Waals surface area contributed by atoms with Gasteiger partial charge in [0.2, 0.25) is 0 Å². The number of Topliss-reactive ketones (excluding diaryl/α,β-unsaturated/α-hetero) is 1. The lowest BCUT2D eigenvalue weighted by Gasteiger charge is -2.30. The van der Waals surface area contributed by atoms with Gasteiger partial charge in [0.1, 0.15) is 11.9 Å². The van der Waals surface area contributed by atoms with E-state index in [1.807, 2.05) is 30.3 Å². The summed E-state index contributed by atoms with van der Waals surface area (Å²) < 4.78 is 5.61. The Morgan fingerprint density at radius 3 is 2.40 bits per heavy atom. The largest absolute Gasteiger partial charge is 0.457 e. The first kappa shape index (κ1) is 16.8. The van der Waals surface area contributed by atoms with Gasteiger partial charge in [0.25, 0.3) is 5.69 Å². The number of carbonyl (C=O) groups excluding carboxylic acids is 2. The summed E-state index contributed by atoms with van der Waals surface area (Å²) in [6, 6.07) is 14.5. The second-order valence-electron chi connectivity index (χ2n) is 6.23. The van der Waals surface area contributed by atoms with E-state index in [0.717, 1.165) is 5.56 Å². The van der Waals surface area contributed by atoms with E-state index >= 15 is 0 Å². The lowest BCUT2D eigenvalue weighted by molar-refractivity contribution is -0.384. The molecular weight excluding hydrogens is 322 g/mol. The second-order valence-corrected chi connectivity index (χ2v) is 6.23. The van der Waals surface area contributed by atoms with Crippen LogP contribution in [-0.4, -0.2) is 22.8 Å². The smallest absolute Gasteiger partial charge is 0.338 e. The minimum absolute atomic E-state index is 0.0419. The highest BCUT2D eigenvalue weighted by atomic mass is 16.6. The number of carbonyl (C=O) groups is 2. The van der Waals surface area contributed by atoms with Crippen molar-refractivity contribution in [2.24, 2.45) is 0 Å². The molecule has 1 saturated carbocycles. The fraction of sp³-hybridized carbons (Fsp3) is 0.263. The molecule has 0 radical (unpaired) electrons. The lowest BCUT2D eigenvalue weighted by atomic mass is 9.78. The molecule has 0 heterocycles. The van der Waals surface area contributed by atoms with Crippen molar-refractivity contribution >= 4 is 17.4 Å². The fourth-order valence-electron chi connectivity index (χ4n) is 3.21. The van der Waals surface area contributed by atoms with Crippen molar-refractivity contribution in [1.82, 2.24) is 0 Å². The van der Waals surface area contributed by atoms with Gasteiger partial charge in [-0.2, -0.15) is 0 Å². The number of non-ortho nitro benzene ring substituents is 1. The third-order valence-corrected chi connectivity index (χ3v) is 4.79. The first-order chi connectivity index (χ1) is 11.9. The van der Waals surface area contributed by atoms with E-state index in [-0.39, 0.29) is 17.0 Å². The van der Waals surface area contributed by atoms with E-state index in [1.54, 1.807) is 6.92 Å². The molecule has 1 fully saturated rings. The molecule has 6 heteroatoms. The van der Waals surface area contributed by atoms with Gasteiger partial charge in [0, 0.05) is 18.6 Å². The van der Waals surface area contributed by atoms with Crippen LogP contribution >= 0.6 is 0 Å². The standard InChI is InChI=1S/C19H17NO5/c1-19(14-5-3-2-4-6-14)16(21)11-12-17(19)25-18(22)13-7-9-15(10-8-13)20(23)24/h2-10,17H,11-12H2,1H3/t17-,19+/m1/s1. The third-order valence-electron chi connectivity index (χ3n) is 4.79. The Morgan fingerprint density at radius 1 is 1.16 bits per heavy atom. The lowest BCUT2D eigenvalue weighted by Crippen LogP contribution is -2.40. The van der Waals surface area contributed by atoms with Crippen LogP contribution in [0.25, 0.3) is 0 Å². The van der Waals surface area contributed by atoms with Gasteiger partial charge in [-0.15, -0.1) is 0 Å². The highest BCUT2D eigenvalue weighted by molar-refractivity contribution is 5.94. The molecule has 0 spiro atoms. The van der Waals surface area contributed by atoms with E-state index in [2.05, 4.69) is 0 Å². The van der Waals surface area contributed by atoms with Gasteiger partial charge in [0.05, 0.1) is 15.9 Å². The quantitative estimate of drug-likeness (QED) is 0.484. The number of hydrogen-bond donors (Lipinski definition) is 0. The molecule has 2 atom stereocenters. The van der Waals surface area contributed by atoms with Gasteiger partial charge in [-0.3, -0.25) is 14.9 Å². The Bertz CT molecular complexity index is 815. The van der Waals surface area contributed by atoms with Crippen molar-refractivity contribution in [3.05, 3.63) is 75.8 Å². The first-order valence-corrected chi connectivity index (χ1v) is 7.97. The zero-order valence-corrected chi connectivity index (χ0v) is 13.7. The maximum atomic E-state index is 12.5. The molecule has 2 aromatic carbocycles. The topological polar surface area (TPSA) is 86.5 Å². The zero-order valence-electron chi connectivity index (χ0n) is 13.7. The van der Waals surface area contributed by atoms with E-state index in [1.165, 1.54) is 24.3 Å². The van der Waals surface area contributed by atoms with E-state index in [9.17, 15) is 19.7 Å². The number of nitrogens with zero attached hydrogens (tertiary/aromatic N) is 1. The van der Waals surface area contributed by atoms with E-state index in [4.69, 9.17) is 4.74 Å². The van der Waals surface area contributed by atoms with Crippen molar-refractivity contribution in [2.45, 2.75) is 31.3 Å². The monoisotopic (exact) mass is 339 g/mol.